The predicted octanol–water partition coefficient (Wildman–Crippen LogP) is 4.63. The van der Waals surface area contributed by atoms with Crippen LogP contribution in [0.2, 0.25) is 0 Å². The van der Waals surface area contributed by atoms with Crippen molar-refractivity contribution in [1.82, 2.24) is 9.88 Å². The maximum Gasteiger partial charge on any atom is 0.226 e. The highest BCUT2D eigenvalue weighted by Gasteiger charge is 2.21. The molecule has 7 heteroatoms. The number of rotatable bonds is 7. The van der Waals surface area contributed by atoms with Crippen LogP contribution < -0.4 is 14.8 Å². The van der Waals surface area contributed by atoms with E-state index in [-0.39, 0.29) is 5.91 Å². The summed E-state index contributed by atoms with van der Waals surface area (Å²) in [6, 6.07) is 4.17. The van der Waals surface area contributed by atoms with Gasteiger partial charge in [0.05, 0.1) is 19.9 Å². The number of anilines is 1. The van der Waals surface area contributed by atoms with Gasteiger partial charge in [-0.2, -0.15) is 0 Å². The number of nitrogens with one attached hydrogen (secondary N) is 1. The Morgan fingerprint density at radius 1 is 1.17 bits per heavy atom. The summed E-state index contributed by atoms with van der Waals surface area (Å²) >= 11 is 1.52. The molecule has 0 saturated heterocycles. The van der Waals surface area contributed by atoms with Crippen LogP contribution in [0.1, 0.15) is 55.3 Å². The lowest BCUT2D eigenvalue weighted by Gasteiger charge is -2.29. The van der Waals surface area contributed by atoms with Crippen molar-refractivity contribution >= 4 is 22.4 Å². The highest BCUT2D eigenvalue weighted by Crippen LogP contribution is 2.33. The van der Waals surface area contributed by atoms with Gasteiger partial charge in [-0.3, -0.25) is 9.69 Å². The molecule has 0 bridgehead atoms. The summed E-state index contributed by atoms with van der Waals surface area (Å²) in [6.07, 6.45) is 7.81. The quantitative estimate of drug-likeness (QED) is 0.695. The number of thiazole rings is 1. The summed E-state index contributed by atoms with van der Waals surface area (Å²) in [6.45, 7) is 2.61. The van der Waals surface area contributed by atoms with Crippen molar-refractivity contribution in [3.05, 3.63) is 34.3 Å². The number of carbonyl (C=O) groups excluding carboxylic acids is 1. The smallest absolute Gasteiger partial charge is 0.226 e. The molecule has 1 aliphatic carbocycles. The monoisotopic (exact) mass is 429 g/mol. The maximum atomic E-state index is 12.4. The molecule has 0 atom stereocenters. The summed E-state index contributed by atoms with van der Waals surface area (Å²) in [5, 5.41) is 5.78. The van der Waals surface area contributed by atoms with Gasteiger partial charge in [-0.15, -0.1) is 11.3 Å². The fourth-order valence-corrected chi connectivity index (χ4v) is 5.28. The van der Waals surface area contributed by atoms with Crippen molar-refractivity contribution in [1.29, 1.82) is 0 Å². The van der Waals surface area contributed by atoms with Crippen molar-refractivity contribution in [2.75, 3.05) is 26.1 Å². The zero-order valence-corrected chi connectivity index (χ0v) is 18.7. The Kier molecular flexibility index (Phi) is 6.89. The van der Waals surface area contributed by atoms with Gasteiger partial charge >= 0.3 is 0 Å². The molecule has 1 aromatic heterocycles. The Balaban J connectivity index is 1.32. The second kappa shape index (κ2) is 9.79. The van der Waals surface area contributed by atoms with Crippen LogP contribution in [0.25, 0.3) is 0 Å². The molecule has 1 N–H and O–H groups in total. The van der Waals surface area contributed by atoms with Crippen LogP contribution in [0.5, 0.6) is 11.5 Å². The first-order valence-corrected chi connectivity index (χ1v) is 11.7. The number of hydrogen-bond acceptors (Lipinski definition) is 6. The minimum absolute atomic E-state index is 0.107. The van der Waals surface area contributed by atoms with E-state index in [1.54, 1.807) is 14.2 Å². The van der Waals surface area contributed by atoms with Gasteiger partial charge in [0.15, 0.2) is 16.6 Å². The SMILES string of the molecule is COc1cc2c(cc1OC)CN(Cc1csc(NC(=O)CC3CCCCC3)n1)CC2. The van der Waals surface area contributed by atoms with Crippen molar-refractivity contribution in [3.8, 4) is 11.5 Å². The molecule has 30 heavy (non-hydrogen) atoms. The van der Waals surface area contributed by atoms with E-state index in [9.17, 15) is 4.79 Å². The molecule has 2 heterocycles. The van der Waals surface area contributed by atoms with E-state index in [4.69, 9.17) is 9.47 Å². The largest absolute Gasteiger partial charge is 0.493 e. The number of nitrogens with zero attached hydrogens (tertiary/aromatic N) is 2. The molecule has 0 radical (unpaired) electrons. The van der Waals surface area contributed by atoms with E-state index in [0.29, 0.717) is 12.3 Å². The Morgan fingerprint density at radius 3 is 2.63 bits per heavy atom. The van der Waals surface area contributed by atoms with Crippen molar-refractivity contribution in [2.24, 2.45) is 5.92 Å². The first kappa shape index (κ1) is 21.1. The number of hydrogen-bond donors (Lipinski definition) is 1. The Labute approximate surface area is 182 Å². The van der Waals surface area contributed by atoms with Crippen LogP contribution in [0.4, 0.5) is 5.13 Å². The second-order valence-corrected chi connectivity index (χ2v) is 9.19. The molecular formula is C23H31N3O3S. The number of benzene rings is 1. The normalized spacial score (nSPS) is 17.4. The molecule has 1 aromatic carbocycles. The zero-order valence-electron chi connectivity index (χ0n) is 17.9. The molecule has 2 aromatic rings. The molecule has 6 nitrogen and oxygen atoms in total. The van der Waals surface area contributed by atoms with E-state index < -0.39 is 0 Å². The minimum atomic E-state index is 0.107. The molecule has 0 unspecified atom stereocenters. The lowest BCUT2D eigenvalue weighted by molar-refractivity contribution is -0.117. The average Bonchev–Trinajstić information content (AvgIpc) is 3.19. The van der Waals surface area contributed by atoms with Gasteiger partial charge in [0.25, 0.3) is 0 Å². The molecule has 1 amide bonds. The Morgan fingerprint density at radius 2 is 1.90 bits per heavy atom. The van der Waals surface area contributed by atoms with Gasteiger partial charge < -0.3 is 14.8 Å². The minimum Gasteiger partial charge on any atom is -0.493 e. The van der Waals surface area contributed by atoms with Gasteiger partial charge in [-0.05, 0) is 48.4 Å². The van der Waals surface area contributed by atoms with Crippen LogP contribution in [0.15, 0.2) is 17.5 Å². The second-order valence-electron chi connectivity index (χ2n) is 8.34. The van der Waals surface area contributed by atoms with Crippen molar-refractivity contribution < 1.29 is 14.3 Å². The fraction of sp³-hybridized carbons (Fsp3) is 0.565. The first-order valence-electron chi connectivity index (χ1n) is 10.8. The lowest BCUT2D eigenvalue weighted by atomic mass is 9.87. The Bertz CT molecular complexity index is 877. The third-order valence-electron chi connectivity index (χ3n) is 6.18. The van der Waals surface area contributed by atoms with E-state index in [1.165, 1.54) is 54.6 Å². The van der Waals surface area contributed by atoms with Crippen LogP contribution >= 0.6 is 11.3 Å². The van der Waals surface area contributed by atoms with Crippen LogP contribution in [0, 0.1) is 5.92 Å². The summed E-state index contributed by atoms with van der Waals surface area (Å²) in [5.41, 5.74) is 3.60. The lowest BCUT2D eigenvalue weighted by Crippen LogP contribution is -2.30. The number of methoxy groups -OCH3 is 2. The maximum absolute atomic E-state index is 12.4. The van der Waals surface area contributed by atoms with Crippen LogP contribution in [-0.2, 0) is 24.3 Å². The molecule has 0 spiro atoms. The van der Waals surface area contributed by atoms with E-state index in [1.807, 2.05) is 0 Å². The molecule has 1 saturated carbocycles. The highest BCUT2D eigenvalue weighted by molar-refractivity contribution is 7.13. The molecule has 2 aliphatic rings. The van der Waals surface area contributed by atoms with Gasteiger partial charge in [0.1, 0.15) is 0 Å². The number of ether oxygens (including phenoxy) is 2. The summed E-state index contributed by atoms with van der Waals surface area (Å²) in [7, 11) is 3.34. The number of aromatic nitrogens is 1. The van der Waals surface area contributed by atoms with Crippen LogP contribution in [-0.4, -0.2) is 36.6 Å². The zero-order chi connectivity index (χ0) is 20.9. The first-order chi connectivity index (χ1) is 14.6. The van der Waals surface area contributed by atoms with Crippen LogP contribution in [0.3, 0.4) is 0 Å². The van der Waals surface area contributed by atoms with Gasteiger partial charge in [0.2, 0.25) is 5.91 Å². The number of carbonyl (C=O) groups is 1. The molecule has 1 aliphatic heterocycles. The summed E-state index contributed by atoms with van der Waals surface area (Å²) < 4.78 is 10.9. The standard InChI is InChI=1S/C23H31N3O3S/c1-28-20-11-17-8-9-26(13-18(17)12-21(20)29-2)14-19-15-30-23(24-19)25-22(27)10-16-6-4-3-5-7-16/h11-12,15-16H,3-10,13-14H2,1-2H3,(H,24,25,27). The average molecular weight is 430 g/mol. The van der Waals surface area contributed by atoms with Gasteiger partial charge in [0, 0.05) is 31.4 Å². The highest BCUT2D eigenvalue weighted by atomic mass is 32.1. The number of fused-ring (bicyclic) bond motifs is 1. The third-order valence-corrected chi connectivity index (χ3v) is 6.99. The third kappa shape index (κ3) is 5.13. The summed E-state index contributed by atoms with van der Waals surface area (Å²) in [5.74, 6) is 2.21. The Hall–Kier alpha value is -2.12. The van der Waals surface area contributed by atoms with Crippen molar-refractivity contribution in [2.45, 2.75) is 58.0 Å². The van der Waals surface area contributed by atoms with E-state index >= 15 is 0 Å². The fourth-order valence-electron chi connectivity index (χ4n) is 4.57. The number of amides is 1. The topological polar surface area (TPSA) is 63.7 Å². The molecular weight excluding hydrogens is 398 g/mol. The van der Waals surface area contributed by atoms with Gasteiger partial charge in [-0.1, -0.05) is 19.3 Å². The van der Waals surface area contributed by atoms with E-state index in [0.717, 1.165) is 48.4 Å². The molecule has 1 fully saturated rings. The predicted molar refractivity (Wildman–Crippen MR) is 119 cm³/mol. The summed E-state index contributed by atoms with van der Waals surface area (Å²) in [4.78, 5) is 19.4. The molecule has 162 valence electrons. The van der Waals surface area contributed by atoms with Gasteiger partial charge in [-0.25, -0.2) is 4.98 Å². The van der Waals surface area contributed by atoms with Crippen molar-refractivity contribution in [3.63, 3.8) is 0 Å². The molecule has 4 rings (SSSR count). The van der Waals surface area contributed by atoms with E-state index in [2.05, 4.69) is 32.7 Å².